The maximum atomic E-state index is 13.0. The molecule has 1 heterocycles. The van der Waals surface area contributed by atoms with E-state index in [-0.39, 0.29) is 0 Å². The van der Waals surface area contributed by atoms with Crippen LogP contribution in [0.15, 0.2) is 97.3 Å². The SMILES string of the molecule is CCOc1ccc([S+]2c3ccccc3S(=O)(=O)c3ccccc32)cc1. The number of hydrogen-bond donors (Lipinski definition) is 0. The summed E-state index contributed by atoms with van der Waals surface area (Å²) in [7, 11) is -3.93. The van der Waals surface area contributed by atoms with Crippen LogP contribution < -0.4 is 4.74 Å². The first-order valence-corrected chi connectivity index (χ1v) is 10.7. The lowest BCUT2D eigenvalue weighted by Gasteiger charge is -2.19. The van der Waals surface area contributed by atoms with Gasteiger partial charge in [-0.3, -0.25) is 0 Å². The maximum Gasteiger partial charge on any atom is 0.216 e. The summed E-state index contributed by atoms with van der Waals surface area (Å²) >= 11 is 0. The Bertz CT molecular complexity index is 971. The minimum absolute atomic E-state index is 0.408. The predicted molar refractivity (Wildman–Crippen MR) is 98.1 cm³/mol. The van der Waals surface area contributed by atoms with Crippen molar-refractivity contribution in [2.24, 2.45) is 0 Å². The molecule has 0 radical (unpaired) electrons. The van der Waals surface area contributed by atoms with Gasteiger partial charge in [0.05, 0.1) is 6.61 Å². The van der Waals surface area contributed by atoms with E-state index in [2.05, 4.69) is 0 Å². The molecule has 3 aromatic carbocycles. The molecule has 0 saturated heterocycles. The molecule has 0 spiro atoms. The van der Waals surface area contributed by atoms with Crippen molar-refractivity contribution in [1.82, 2.24) is 0 Å². The second-order valence-corrected chi connectivity index (χ2v) is 9.46. The van der Waals surface area contributed by atoms with Gasteiger partial charge in [0.25, 0.3) is 0 Å². The Hall–Kier alpha value is -2.24. The minimum atomic E-state index is -3.48. The fourth-order valence-corrected chi connectivity index (χ4v) is 7.71. The highest BCUT2D eigenvalue weighted by Gasteiger charge is 2.44. The molecule has 4 rings (SSSR count). The third-order valence-electron chi connectivity index (χ3n) is 4.09. The zero-order valence-electron chi connectivity index (χ0n) is 13.7. The van der Waals surface area contributed by atoms with Crippen LogP contribution in [-0.4, -0.2) is 15.0 Å². The first-order valence-electron chi connectivity index (χ1n) is 8.03. The standard InChI is InChI=1S/C20H17O3S2/c1-2-23-15-11-13-16(14-12-15)24-17-7-3-5-9-19(17)25(21,22)20-10-6-4-8-18(20)24/h3-14H,2H2,1H3/q+1. The molecular weight excluding hydrogens is 352 g/mol. The van der Waals surface area contributed by atoms with Crippen LogP contribution in [0.2, 0.25) is 0 Å². The lowest BCUT2D eigenvalue weighted by atomic mass is 10.3. The Morgan fingerprint density at radius 1 is 0.800 bits per heavy atom. The molecule has 3 aromatic rings. The summed E-state index contributed by atoms with van der Waals surface area (Å²) in [4.78, 5) is 3.60. The van der Waals surface area contributed by atoms with Crippen LogP contribution in [0.3, 0.4) is 0 Å². The minimum Gasteiger partial charge on any atom is -0.494 e. The van der Waals surface area contributed by atoms with Gasteiger partial charge < -0.3 is 4.74 Å². The van der Waals surface area contributed by atoms with Crippen LogP contribution in [0.1, 0.15) is 6.92 Å². The van der Waals surface area contributed by atoms with Gasteiger partial charge in [0.2, 0.25) is 9.84 Å². The van der Waals surface area contributed by atoms with Crippen molar-refractivity contribution < 1.29 is 13.2 Å². The van der Waals surface area contributed by atoms with Crippen molar-refractivity contribution in [1.29, 1.82) is 0 Å². The molecule has 5 heteroatoms. The third kappa shape index (κ3) is 2.64. The van der Waals surface area contributed by atoms with E-state index in [0.29, 0.717) is 16.4 Å². The van der Waals surface area contributed by atoms with Crippen molar-refractivity contribution in [2.75, 3.05) is 6.61 Å². The summed E-state index contributed by atoms with van der Waals surface area (Å²) in [5.74, 6) is 0.820. The van der Waals surface area contributed by atoms with Gasteiger partial charge in [-0.25, -0.2) is 8.42 Å². The molecule has 0 amide bonds. The van der Waals surface area contributed by atoms with Crippen LogP contribution in [-0.2, 0) is 20.7 Å². The van der Waals surface area contributed by atoms with Crippen LogP contribution in [0.4, 0.5) is 0 Å². The molecule has 0 aliphatic carbocycles. The first kappa shape index (κ1) is 16.2. The summed E-state index contributed by atoms with van der Waals surface area (Å²) in [5, 5.41) is 0. The first-order chi connectivity index (χ1) is 12.1. The molecule has 0 atom stereocenters. The molecule has 0 bridgehead atoms. The summed E-state index contributed by atoms with van der Waals surface area (Å²) < 4.78 is 31.5. The Balaban J connectivity index is 1.94. The van der Waals surface area contributed by atoms with E-state index in [1.165, 1.54) is 0 Å². The maximum absolute atomic E-state index is 13.0. The van der Waals surface area contributed by atoms with Gasteiger partial charge in [0, 0.05) is 0 Å². The third-order valence-corrected chi connectivity index (χ3v) is 8.55. The monoisotopic (exact) mass is 369 g/mol. The van der Waals surface area contributed by atoms with E-state index >= 15 is 0 Å². The van der Waals surface area contributed by atoms with Crippen molar-refractivity contribution in [3.05, 3.63) is 72.8 Å². The number of ether oxygens (including phenoxy) is 1. The molecule has 0 fully saturated rings. The highest BCUT2D eigenvalue weighted by Crippen LogP contribution is 2.44. The number of sulfone groups is 1. The Morgan fingerprint density at radius 2 is 1.32 bits per heavy atom. The zero-order valence-corrected chi connectivity index (χ0v) is 15.3. The van der Waals surface area contributed by atoms with Crippen molar-refractivity contribution in [3.8, 4) is 5.75 Å². The topological polar surface area (TPSA) is 43.4 Å². The van der Waals surface area contributed by atoms with Gasteiger partial charge in [-0.1, -0.05) is 24.3 Å². The molecule has 1 aliphatic rings. The molecule has 0 unspecified atom stereocenters. The molecule has 0 aromatic heterocycles. The predicted octanol–water partition coefficient (Wildman–Crippen LogP) is 4.33. The Kier molecular flexibility index (Phi) is 4.06. The molecule has 3 nitrogen and oxygen atoms in total. The lowest BCUT2D eigenvalue weighted by molar-refractivity contribution is 0.340. The second kappa shape index (κ2) is 6.24. The fraction of sp³-hybridized carbons (Fsp3) is 0.100. The van der Waals surface area contributed by atoms with Gasteiger partial charge in [-0.2, -0.15) is 0 Å². The molecule has 1 aliphatic heterocycles. The van der Waals surface area contributed by atoms with Crippen LogP contribution in [0.5, 0.6) is 5.75 Å². The highest BCUT2D eigenvalue weighted by atomic mass is 32.2. The molecule has 0 saturated carbocycles. The second-order valence-electron chi connectivity index (χ2n) is 5.61. The summed E-state index contributed by atoms with van der Waals surface area (Å²) in [6.45, 7) is 2.57. The van der Waals surface area contributed by atoms with E-state index in [1.54, 1.807) is 24.3 Å². The Labute approximate surface area is 150 Å². The van der Waals surface area contributed by atoms with E-state index in [4.69, 9.17) is 4.74 Å². The number of hydrogen-bond acceptors (Lipinski definition) is 3. The largest absolute Gasteiger partial charge is 0.494 e. The molecule has 0 N–H and O–H groups in total. The summed E-state index contributed by atoms with van der Waals surface area (Å²) in [6, 6.07) is 22.6. The lowest BCUT2D eigenvalue weighted by Crippen LogP contribution is -2.20. The van der Waals surface area contributed by atoms with Crippen LogP contribution >= 0.6 is 0 Å². The van der Waals surface area contributed by atoms with Gasteiger partial charge in [-0.15, -0.1) is 0 Å². The van der Waals surface area contributed by atoms with Gasteiger partial charge in [-0.05, 0) is 55.5 Å². The van der Waals surface area contributed by atoms with E-state index in [1.807, 2.05) is 55.5 Å². The quantitative estimate of drug-likeness (QED) is 0.505. The summed E-state index contributed by atoms with van der Waals surface area (Å²) in [5.41, 5.74) is 0. The number of fused-ring (bicyclic) bond motifs is 2. The smallest absolute Gasteiger partial charge is 0.216 e. The van der Waals surface area contributed by atoms with Crippen LogP contribution in [0.25, 0.3) is 0 Å². The fourth-order valence-electron chi connectivity index (χ4n) is 3.01. The normalized spacial score (nSPS) is 15.2. The van der Waals surface area contributed by atoms with E-state index in [0.717, 1.165) is 20.4 Å². The molecule has 25 heavy (non-hydrogen) atoms. The average molecular weight is 369 g/mol. The van der Waals surface area contributed by atoms with Crippen molar-refractivity contribution in [3.63, 3.8) is 0 Å². The number of benzene rings is 3. The summed E-state index contributed by atoms with van der Waals surface area (Å²) in [6.07, 6.45) is 0. The number of rotatable bonds is 3. The van der Waals surface area contributed by atoms with Gasteiger partial charge >= 0.3 is 0 Å². The van der Waals surface area contributed by atoms with E-state index < -0.39 is 20.7 Å². The van der Waals surface area contributed by atoms with Crippen LogP contribution in [0, 0.1) is 0 Å². The van der Waals surface area contributed by atoms with Gasteiger partial charge in [0.1, 0.15) is 26.4 Å². The Morgan fingerprint density at radius 3 is 1.84 bits per heavy atom. The molecule has 126 valence electrons. The molecular formula is C20H17O3S2+. The van der Waals surface area contributed by atoms with Gasteiger partial charge in [0.15, 0.2) is 14.7 Å². The zero-order chi connectivity index (χ0) is 17.4. The van der Waals surface area contributed by atoms with Crippen molar-refractivity contribution >= 4 is 20.7 Å². The average Bonchev–Trinajstić information content (AvgIpc) is 2.64. The van der Waals surface area contributed by atoms with E-state index in [9.17, 15) is 8.42 Å². The van der Waals surface area contributed by atoms with Crippen molar-refractivity contribution in [2.45, 2.75) is 31.4 Å². The highest BCUT2D eigenvalue weighted by molar-refractivity contribution is 8.00.